The van der Waals surface area contributed by atoms with E-state index in [1.807, 2.05) is 25.1 Å². The number of hydrogen-bond donors (Lipinski definition) is 3. The molecule has 0 heterocycles. The zero-order valence-corrected chi connectivity index (χ0v) is 11.6. The van der Waals surface area contributed by atoms with Crippen LogP contribution in [0.5, 0.6) is 5.75 Å². The van der Waals surface area contributed by atoms with Gasteiger partial charge in [0.25, 0.3) is 0 Å². The maximum absolute atomic E-state index is 8.65. The number of quaternary nitrogens is 2. The first-order valence-corrected chi connectivity index (χ1v) is 6.81. The number of aliphatic hydroxyl groups excluding tert-OH is 1. The second-order valence-corrected chi connectivity index (χ2v) is 4.49. The smallest absolute Gasteiger partial charge is 0.128 e. The van der Waals surface area contributed by atoms with Crippen LogP contribution in [0.25, 0.3) is 0 Å². The third-order valence-corrected chi connectivity index (χ3v) is 2.83. The summed E-state index contributed by atoms with van der Waals surface area (Å²) < 4.78 is 5.57. The second kappa shape index (κ2) is 9.16. The summed E-state index contributed by atoms with van der Waals surface area (Å²) in [5.74, 6) is 0.914. The molecular weight excluding hydrogens is 252 g/mol. The van der Waals surface area contributed by atoms with Crippen molar-refractivity contribution in [1.82, 2.24) is 0 Å². The predicted molar refractivity (Wildman–Crippen MR) is 71.9 cm³/mol. The molecular formula is C13H23ClN2O2+2. The minimum Gasteiger partial charge on any atom is -0.493 e. The Morgan fingerprint density at radius 1 is 1.22 bits per heavy atom. The Kier molecular flexibility index (Phi) is 7.76. The minimum absolute atomic E-state index is 0.239. The van der Waals surface area contributed by atoms with E-state index in [1.165, 1.54) is 0 Å². The highest BCUT2D eigenvalue weighted by molar-refractivity contribution is 6.30. The molecule has 0 aromatic heterocycles. The number of nitrogens with two attached hydrogens (primary N) is 2. The van der Waals surface area contributed by atoms with Crippen molar-refractivity contribution < 1.29 is 20.5 Å². The molecule has 0 radical (unpaired) electrons. The molecule has 0 amide bonds. The fourth-order valence-electron chi connectivity index (χ4n) is 1.73. The Labute approximate surface area is 113 Å². The molecule has 1 rings (SSSR count). The molecule has 0 bridgehead atoms. The molecule has 0 aliphatic carbocycles. The number of hydrogen-bond acceptors (Lipinski definition) is 2. The summed E-state index contributed by atoms with van der Waals surface area (Å²) in [5.41, 5.74) is 1.13. The van der Waals surface area contributed by atoms with Crippen LogP contribution >= 0.6 is 11.6 Å². The van der Waals surface area contributed by atoms with Crippen molar-refractivity contribution in [2.45, 2.75) is 13.5 Å². The average molecular weight is 275 g/mol. The van der Waals surface area contributed by atoms with Gasteiger partial charge in [0.15, 0.2) is 0 Å². The first-order valence-electron chi connectivity index (χ1n) is 6.43. The molecule has 0 aliphatic heterocycles. The molecule has 4 nitrogen and oxygen atoms in total. The predicted octanol–water partition coefficient (Wildman–Crippen LogP) is -0.642. The average Bonchev–Trinajstić information content (AvgIpc) is 2.37. The third-order valence-electron chi connectivity index (χ3n) is 2.59. The van der Waals surface area contributed by atoms with Crippen LogP contribution in [0.15, 0.2) is 18.2 Å². The molecule has 0 aliphatic rings. The molecule has 0 atom stereocenters. The highest BCUT2D eigenvalue weighted by Crippen LogP contribution is 2.21. The van der Waals surface area contributed by atoms with Gasteiger partial charge in [0.1, 0.15) is 25.4 Å². The van der Waals surface area contributed by atoms with E-state index in [1.54, 1.807) is 0 Å². The van der Waals surface area contributed by atoms with Gasteiger partial charge in [-0.1, -0.05) is 11.6 Å². The maximum atomic E-state index is 8.65. The van der Waals surface area contributed by atoms with Gasteiger partial charge in [-0.3, -0.25) is 0 Å². The molecule has 0 saturated heterocycles. The first-order chi connectivity index (χ1) is 8.77. The molecule has 5 N–H and O–H groups in total. The molecule has 18 heavy (non-hydrogen) atoms. The number of rotatable bonds is 9. The Bertz CT molecular complexity index is 348. The third kappa shape index (κ3) is 5.69. The lowest BCUT2D eigenvalue weighted by Gasteiger charge is -2.09. The van der Waals surface area contributed by atoms with E-state index < -0.39 is 0 Å². The number of aliphatic hydroxyl groups is 1. The minimum atomic E-state index is 0.239. The molecule has 102 valence electrons. The summed E-state index contributed by atoms with van der Waals surface area (Å²) in [6, 6.07) is 5.73. The van der Waals surface area contributed by atoms with Crippen molar-refractivity contribution in [2.75, 3.05) is 32.8 Å². The van der Waals surface area contributed by atoms with Crippen LogP contribution in [0, 0.1) is 0 Å². The van der Waals surface area contributed by atoms with Crippen molar-refractivity contribution in [3.8, 4) is 5.75 Å². The van der Waals surface area contributed by atoms with E-state index in [4.69, 9.17) is 21.4 Å². The lowest BCUT2D eigenvalue weighted by atomic mass is 10.2. The number of ether oxygens (including phenoxy) is 1. The monoisotopic (exact) mass is 274 g/mol. The van der Waals surface area contributed by atoms with Gasteiger partial charge in [0, 0.05) is 10.6 Å². The summed E-state index contributed by atoms with van der Waals surface area (Å²) in [5, 5.41) is 13.7. The Morgan fingerprint density at radius 2 is 2.00 bits per heavy atom. The van der Waals surface area contributed by atoms with Crippen LogP contribution in [0.3, 0.4) is 0 Å². The highest BCUT2D eigenvalue weighted by atomic mass is 35.5. The van der Waals surface area contributed by atoms with Gasteiger partial charge < -0.3 is 20.5 Å². The van der Waals surface area contributed by atoms with Gasteiger partial charge >= 0.3 is 0 Å². The van der Waals surface area contributed by atoms with Crippen molar-refractivity contribution in [3.63, 3.8) is 0 Å². The Morgan fingerprint density at radius 3 is 2.72 bits per heavy atom. The van der Waals surface area contributed by atoms with Crippen molar-refractivity contribution in [2.24, 2.45) is 0 Å². The zero-order valence-electron chi connectivity index (χ0n) is 10.9. The van der Waals surface area contributed by atoms with Gasteiger partial charge in [-0.2, -0.15) is 0 Å². The van der Waals surface area contributed by atoms with Gasteiger partial charge in [0.2, 0.25) is 0 Å². The van der Waals surface area contributed by atoms with E-state index in [0.717, 1.165) is 42.5 Å². The lowest BCUT2D eigenvalue weighted by molar-refractivity contribution is -0.731. The van der Waals surface area contributed by atoms with E-state index in [0.29, 0.717) is 6.61 Å². The normalized spacial score (nSPS) is 10.6. The number of benzene rings is 1. The second-order valence-electron chi connectivity index (χ2n) is 4.06. The van der Waals surface area contributed by atoms with E-state index in [-0.39, 0.29) is 6.61 Å². The summed E-state index contributed by atoms with van der Waals surface area (Å²) in [6.07, 6.45) is 0. The van der Waals surface area contributed by atoms with Crippen LogP contribution in [0.2, 0.25) is 5.02 Å². The summed E-state index contributed by atoms with van der Waals surface area (Å²) in [6.45, 7) is 6.54. The fraction of sp³-hybridized carbons (Fsp3) is 0.538. The molecule has 1 aromatic carbocycles. The first kappa shape index (κ1) is 15.2. The van der Waals surface area contributed by atoms with E-state index >= 15 is 0 Å². The summed E-state index contributed by atoms with van der Waals surface area (Å²) in [7, 11) is 0. The molecule has 1 aromatic rings. The largest absolute Gasteiger partial charge is 0.493 e. The standard InChI is InChI=1S/C13H21ClN2O2/c1-2-18-13-4-3-12(14)9-11(13)10-16-6-5-15-7-8-17/h3-4,9,15-17H,2,5-8,10H2,1H3/p+2. The van der Waals surface area contributed by atoms with Crippen molar-refractivity contribution in [3.05, 3.63) is 28.8 Å². The molecule has 0 fully saturated rings. The number of halogens is 1. The topological polar surface area (TPSA) is 62.7 Å². The van der Waals surface area contributed by atoms with Gasteiger partial charge in [-0.25, -0.2) is 0 Å². The van der Waals surface area contributed by atoms with Crippen LogP contribution in [0.1, 0.15) is 12.5 Å². The molecule has 0 unspecified atom stereocenters. The maximum Gasteiger partial charge on any atom is 0.128 e. The van der Waals surface area contributed by atoms with Gasteiger partial charge in [-0.05, 0) is 25.1 Å². The zero-order chi connectivity index (χ0) is 13.2. The highest BCUT2D eigenvalue weighted by Gasteiger charge is 2.06. The quantitative estimate of drug-likeness (QED) is 0.525. The summed E-state index contributed by atoms with van der Waals surface area (Å²) >= 11 is 5.99. The van der Waals surface area contributed by atoms with E-state index in [9.17, 15) is 0 Å². The van der Waals surface area contributed by atoms with Crippen LogP contribution < -0.4 is 15.4 Å². The van der Waals surface area contributed by atoms with Crippen molar-refractivity contribution >= 4 is 11.6 Å². The Balaban J connectivity index is 2.37. The van der Waals surface area contributed by atoms with Crippen LogP contribution in [-0.2, 0) is 6.54 Å². The molecule has 5 heteroatoms. The van der Waals surface area contributed by atoms with Crippen LogP contribution in [0.4, 0.5) is 0 Å². The lowest BCUT2D eigenvalue weighted by Crippen LogP contribution is -2.94. The van der Waals surface area contributed by atoms with Crippen molar-refractivity contribution in [1.29, 1.82) is 0 Å². The fourth-order valence-corrected chi connectivity index (χ4v) is 1.93. The molecule has 0 saturated carbocycles. The SMILES string of the molecule is CCOc1ccc(Cl)cc1C[NH2+]CC[NH2+]CCO. The van der Waals surface area contributed by atoms with Gasteiger partial charge in [0.05, 0.1) is 19.8 Å². The molecule has 0 spiro atoms. The Hall–Kier alpha value is -0.810. The van der Waals surface area contributed by atoms with E-state index in [2.05, 4.69) is 10.6 Å². The summed E-state index contributed by atoms with van der Waals surface area (Å²) in [4.78, 5) is 0. The van der Waals surface area contributed by atoms with Crippen LogP contribution in [-0.4, -0.2) is 38.0 Å². The van der Waals surface area contributed by atoms with Gasteiger partial charge in [-0.15, -0.1) is 0 Å².